The van der Waals surface area contributed by atoms with E-state index in [0.29, 0.717) is 32.6 Å². The van der Waals surface area contributed by atoms with Crippen LogP contribution < -0.4 is 5.32 Å². The number of carbonyl (C=O) groups excluding carboxylic acids is 2. The SMILES string of the molecule is O=C(Cc1ccc(Cl)cc1C(=O)Nc1ccc(Cl)cn1)c1ccc(CN2CCOCC2)cc1. The Kier molecular flexibility index (Phi) is 7.73. The minimum atomic E-state index is -0.393. The molecule has 1 fully saturated rings. The predicted molar refractivity (Wildman–Crippen MR) is 129 cm³/mol. The summed E-state index contributed by atoms with van der Waals surface area (Å²) in [5, 5.41) is 3.60. The molecule has 170 valence electrons. The van der Waals surface area contributed by atoms with Crippen molar-refractivity contribution in [3.63, 3.8) is 0 Å². The smallest absolute Gasteiger partial charge is 0.257 e. The standard InChI is InChI=1S/C25H23Cl2N3O3/c26-20-6-5-19(22(14-20)25(32)29-24-8-7-21(27)15-28-24)13-23(31)18-3-1-17(2-4-18)16-30-9-11-33-12-10-30/h1-8,14-15H,9-13,16H2,(H,28,29,32). The van der Waals surface area contributed by atoms with Gasteiger partial charge in [-0.3, -0.25) is 14.5 Å². The molecular formula is C25H23Cl2N3O3. The normalized spacial score (nSPS) is 14.1. The number of hydrogen-bond acceptors (Lipinski definition) is 5. The van der Waals surface area contributed by atoms with E-state index < -0.39 is 5.91 Å². The number of ether oxygens (including phenoxy) is 1. The van der Waals surface area contributed by atoms with E-state index in [1.807, 2.05) is 24.3 Å². The third-order valence-electron chi connectivity index (χ3n) is 5.42. The maximum absolute atomic E-state index is 13.0. The van der Waals surface area contributed by atoms with Crippen molar-refractivity contribution in [2.45, 2.75) is 13.0 Å². The number of benzene rings is 2. The zero-order valence-electron chi connectivity index (χ0n) is 17.9. The van der Waals surface area contributed by atoms with Crippen LogP contribution in [0.15, 0.2) is 60.8 Å². The molecule has 0 aliphatic carbocycles. The number of pyridine rings is 1. The van der Waals surface area contributed by atoms with Gasteiger partial charge in [0, 0.05) is 48.4 Å². The molecule has 33 heavy (non-hydrogen) atoms. The number of halogens is 2. The number of nitrogens with one attached hydrogen (secondary N) is 1. The summed E-state index contributed by atoms with van der Waals surface area (Å²) in [4.78, 5) is 32.2. The van der Waals surface area contributed by atoms with Gasteiger partial charge in [0.1, 0.15) is 5.82 Å². The summed E-state index contributed by atoms with van der Waals surface area (Å²) in [6.45, 7) is 4.16. The van der Waals surface area contributed by atoms with Crippen LogP contribution in [0.3, 0.4) is 0 Å². The average Bonchev–Trinajstić information content (AvgIpc) is 2.83. The van der Waals surface area contributed by atoms with Crippen molar-refractivity contribution in [3.8, 4) is 0 Å². The lowest BCUT2D eigenvalue weighted by Crippen LogP contribution is -2.35. The van der Waals surface area contributed by atoms with Gasteiger partial charge in [-0.15, -0.1) is 0 Å². The quantitative estimate of drug-likeness (QED) is 0.484. The average molecular weight is 484 g/mol. The lowest BCUT2D eigenvalue weighted by atomic mass is 9.97. The fourth-order valence-corrected chi connectivity index (χ4v) is 3.92. The third kappa shape index (κ3) is 6.39. The summed E-state index contributed by atoms with van der Waals surface area (Å²) in [7, 11) is 0. The van der Waals surface area contributed by atoms with Crippen LogP contribution >= 0.6 is 23.2 Å². The number of anilines is 1. The first-order chi connectivity index (χ1) is 16.0. The van der Waals surface area contributed by atoms with E-state index in [-0.39, 0.29) is 12.2 Å². The molecule has 1 aliphatic rings. The van der Waals surface area contributed by atoms with E-state index in [4.69, 9.17) is 27.9 Å². The first-order valence-electron chi connectivity index (χ1n) is 10.6. The largest absolute Gasteiger partial charge is 0.379 e. The van der Waals surface area contributed by atoms with Gasteiger partial charge in [0.15, 0.2) is 5.78 Å². The summed E-state index contributed by atoms with van der Waals surface area (Å²) >= 11 is 12.0. The second-order valence-corrected chi connectivity index (χ2v) is 8.68. The molecule has 0 radical (unpaired) electrons. The van der Waals surface area contributed by atoms with Gasteiger partial charge in [0.05, 0.1) is 18.2 Å². The molecule has 1 aliphatic heterocycles. The summed E-state index contributed by atoms with van der Waals surface area (Å²) in [6.07, 6.45) is 1.53. The Morgan fingerprint density at radius 2 is 1.70 bits per heavy atom. The van der Waals surface area contributed by atoms with Crippen LogP contribution in [0.2, 0.25) is 10.0 Å². The van der Waals surface area contributed by atoms with Crippen molar-refractivity contribution >= 4 is 40.7 Å². The Bertz CT molecular complexity index is 1130. The first-order valence-corrected chi connectivity index (χ1v) is 11.4. The monoisotopic (exact) mass is 483 g/mol. The van der Waals surface area contributed by atoms with E-state index >= 15 is 0 Å². The summed E-state index contributed by atoms with van der Waals surface area (Å²) < 4.78 is 5.38. The van der Waals surface area contributed by atoms with Crippen molar-refractivity contribution < 1.29 is 14.3 Å². The molecule has 1 N–H and O–H groups in total. The first kappa shape index (κ1) is 23.4. The summed E-state index contributed by atoms with van der Waals surface area (Å²) in [5.74, 6) is -0.109. The van der Waals surface area contributed by atoms with Crippen LogP contribution in [-0.4, -0.2) is 47.9 Å². The minimum absolute atomic E-state index is 0.0751. The molecule has 2 aromatic carbocycles. The minimum Gasteiger partial charge on any atom is -0.379 e. The Labute approximate surface area is 202 Å². The van der Waals surface area contributed by atoms with Gasteiger partial charge in [-0.2, -0.15) is 0 Å². The van der Waals surface area contributed by atoms with E-state index in [1.165, 1.54) is 6.20 Å². The third-order valence-corrected chi connectivity index (χ3v) is 5.88. The number of amides is 1. The molecule has 1 aromatic heterocycles. The van der Waals surface area contributed by atoms with Gasteiger partial charge in [0.25, 0.3) is 5.91 Å². The van der Waals surface area contributed by atoms with Crippen LogP contribution in [0, 0.1) is 0 Å². The second kappa shape index (κ2) is 10.9. The van der Waals surface area contributed by atoms with E-state index in [1.54, 1.807) is 30.3 Å². The number of nitrogens with zero attached hydrogens (tertiary/aromatic N) is 2. The molecule has 0 atom stereocenters. The predicted octanol–water partition coefficient (Wildman–Crippen LogP) is 4.90. The highest BCUT2D eigenvalue weighted by atomic mass is 35.5. The number of morpholine rings is 1. The molecule has 8 heteroatoms. The molecule has 1 saturated heterocycles. The van der Waals surface area contributed by atoms with Crippen molar-refractivity contribution in [3.05, 3.63) is 93.1 Å². The highest BCUT2D eigenvalue weighted by Gasteiger charge is 2.17. The fourth-order valence-electron chi connectivity index (χ4n) is 3.64. The molecule has 0 spiro atoms. The van der Waals surface area contributed by atoms with Crippen molar-refractivity contribution in [2.24, 2.45) is 0 Å². The van der Waals surface area contributed by atoms with Gasteiger partial charge in [-0.05, 0) is 35.4 Å². The van der Waals surface area contributed by atoms with E-state index in [9.17, 15) is 9.59 Å². The zero-order valence-corrected chi connectivity index (χ0v) is 19.4. The van der Waals surface area contributed by atoms with Crippen molar-refractivity contribution in [1.29, 1.82) is 0 Å². The van der Waals surface area contributed by atoms with Crippen LogP contribution in [0.1, 0.15) is 31.8 Å². The Morgan fingerprint density at radius 3 is 2.39 bits per heavy atom. The lowest BCUT2D eigenvalue weighted by molar-refractivity contribution is 0.0342. The second-order valence-electron chi connectivity index (χ2n) is 7.80. The molecule has 2 heterocycles. The molecule has 3 aromatic rings. The summed E-state index contributed by atoms with van der Waals surface area (Å²) in [6, 6.07) is 15.8. The molecular weight excluding hydrogens is 461 g/mol. The van der Waals surface area contributed by atoms with E-state index in [2.05, 4.69) is 15.2 Å². The maximum atomic E-state index is 13.0. The number of hydrogen-bond donors (Lipinski definition) is 1. The molecule has 0 unspecified atom stereocenters. The van der Waals surface area contributed by atoms with Crippen LogP contribution in [-0.2, 0) is 17.7 Å². The Balaban J connectivity index is 1.45. The highest BCUT2D eigenvalue weighted by molar-refractivity contribution is 6.31. The molecule has 6 nitrogen and oxygen atoms in total. The topological polar surface area (TPSA) is 71.5 Å². The molecule has 1 amide bonds. The van der Waals surface area contributed by atoms with Gasteiger partial charge in [-0.1, -0.05) is 53.5 Å². The molecule has 4 rings (SSSR count). The zero-order chi connectivity index (χ0) is 23.2. The van der Waals surface area contributed by atoms with Gasteiger partial charge in [-0.25, -0.2) is 4.98 Å². The molecule has 0 saturated carbocycles. The molecule has 0 bridgehead atoms. The Morgan fingerprint density at radius 1 is 0.970 bits per heavy atom. The lowest BCUT2D eigenvalue weighted by Gasteiger charge is -2.26. The number of Topliss-reactive ketones (excluding diaryl/α,β-unsaturated/α-hetero) is 1. The summed E-state index contributed by atoms with van der Waals surface area (Å²) in [5.41, 5.74) is 2.67. The van der Waals surface area contributed by atoms with Crippen LogP contribution in [0.4, 0.5) is 5.82 Å². The van der Waals surface area contributed by atoms with Crippen LogP contribution in [0.25, 0.3) is 0 Å². The van der Waals surface area contributed by atoms with E-state index in [0.717, 1.165) is 38.4 Å². The van der Waals surface area contributed by atoms with Crippen LogP contribution in [0.5, 0.6) is 0 Å². The van der Waals surface area contributed by atoms with Gasteiger partial charge < -0.3 is 10.1 Å². The number of rotatable bonds is 7. The fraction of sp³-hybridized carbons (Fsp3) is 0.240. The number of ketones is 1. The number of carbonyl (C=O) groups is 2. The maximum Gasteiger partial charge on any atom is 0.257 e. The van der Waals surface area contributed by atoms with Crippen molar-refractivity contribution in [2.75, 3.05) is 31.6 Å². The highest BCUT2D eigenvalue weighted by Crippen LogP contribution is 2.20. The Hall–Kier alpha value is -2.77. The van der Waals surface area contributed by atoms with Gasteiger partial charge in [0.2, 0.25) is 0 Å². The number of aromatic nitrogens is 1. The van der Waals surface area contributed by atoms with Gasteiger partial charge >= 0.3 is 0 Å². The van der Waals surface area contributed by atoms with Crippen molar-refractivity contribution in [1.82, 2.24) is 9.88 Å².